The molecular formula is C43H60O3. The Kier molecular flexibility index (Phi) is 13.0. The number of aryl methyl sites for hydroxylation is 1. The van der Waals surface area contributed by atoms with Crippen LogP contribution < -0.4 is 0 Å². The van der Waals surface area contributed by atoms with Crippen molar-refractivity contribution in [1.82, 2.24) is 0 Å². The van der Waals surface area contributed by atoms with Gasteiger partial charge in [-0.15, -0.1) is 0 Å². The molecule has 0 amide bonds. The molecule has 46 heavy (non-hydrogen) atoms. The van der Waals surface area contributed by atoms with Crippen molar-refractivity contribution >= 4 is 5.97 Å². The monoisotopic (exact) mass is 624 g/mol. The maximum atomic E-state index is 12.8. The van der Waals surface area contributed by atoms with Gasteiger partial charge < -0.3 is 10.2 Å². The van der Waals surface area contributed by atoms with Crippen LogP contribution in [0.2, 0.25) is 0 Å². The maximum absolute atomic E-state index is 12.8. The molecule has 3 nitrogen and oxygen atoms in total. The number of rotatable bonds is 13. The summed E-state index contributed by atoms with van der Waals surface area (Å²) in [6.07, 6.45) is 31.8. The van der Waals surface area contributed by atoms with Crippen LogP contribution in [0.4, 0.5) is 0 Å². The molecule has 3 heteroatoms. The van der Waals surface area contributed by atoms with E-state index in [2.05, 4.69) is 67.6 Å². The van der Waals surface area contributed by atoms with E-state index < -0.39 is 5.97 Å². The van der Waals surface area contributed by atoms with Crippen molar-refractivity contribution in [3.63, 3.8) is 0 Å². The molecule has 1 fully saturated rings. The number of fused-ring (bicyclic) bond motifs is 3. The molecule has 3 aliphatic carbocycles. The molecule has 2 N–H and O–H groups in total. The molecule has 0 unspecified atom stereocenters. The number of unbranched alkanes of at least 4 members (excludes halogenated alkanes) is 5. The largest absolute Gasteiger partial charge is 0.508 e. The molecule has 3 aliphatic rings. The summed E-state index contributed by atoms with van der Waals surface area (Å²) in [5.74, 6) is 1.03. The Balaban J connectivity index is 1.43. The number of aromatic hydroxyl groups is 1. The normalized spacial score (nSPS) is 24.5. The van der Waals surface area contributed by atoms with Crippen LogP contribution in [0.25, 0.3) is 0 Å². The molecule has 2 aromatic carbocycles. The number of carboxylic acids is 1. The zero-order chi connectivity index (χ0) is 32.2. The van der Waals surface area contributed by atoms with Gasteiger partial charge in [-0.1, -0.05) is 125 Å². The zero-order valence-corrected chi connectivity index (χ0v) is 28.6. The van der Waals surface area contributed by atoms with Gasteiger partial charge >= 0.3 is 5.97 Å². The molecule has 0 aliphatic heterocycles. The van der Waals surface area contributed by atoms with Gasteiger partial charge in [0.2, 0.25) is 0 Å². The number of phenols is 1. The fourth-order valence-electron chi connectivity index (χ4n) is 9.09. The minimum absolute atomic E-state index is 0.294. The first-order valence-corrected chi connectivity index (χ1v) is 19.0. The van der Waals surface area contributed by atoms with Gasteiger partial charge in [-0.25, -0.2) is 0 Å². The minimum Gasteiger partial charge on any atom is -0.508 e. The Morgan fingerprint density at radius 2 is 1.67 bits per heavy atom. The fourth-order valence-corrected chi connectivity index (χ4v) is 9.09. The lowest BCUT2D eigenvalue weighted by Gasteiger charge is -2.42. The summed E-state index contributed by atoms with van der Waals surface area (Å²) in [6.45, 7) is 2.23. The van der Waals surface area contributed by atoms with Crippen LogP contribution in [0.3, 0.4) is 0 Å². The summed E-state index contributed by atoms with van der Waals surface area (Å²) in [7, 11) is 0. The van der Waals surface area contributed by atoms with Crippen LogP contribution in [0.5, 0.6) is 5.75 Å². The second-order valence-corrected chi connectivity index (χ2v) is 14.9. The SMILES string of the molecule is CCCCCc1cc([C@@H]2Cc3cccc(c3)C3(CCCCC3)[C@H](C(=O)O)CC=CC[C@@H]2CCCCCC[C@H]2C=CCC2)ccc1O. The highest BCUT2D eigenvalue weighted by atomic mass is 16.4. The van der Waals surface area contributed by atoms with Crippen LogP contribution in [-0.4, -0.2) is 16.2 Å². The summed E-state index contributed by atoms with van der Waals surface area (Å²) < 4.78 is 0. The van der Waals surface area contributed by atoms with E-state index in [1.54, 1.807) is 0 Å². The number of carboxylic acid groups (broad SMARTS) is 1. The quantitative estimate of drug-likeness (QED) is 0.172. The predicted octanol–water partition coefficient (Wildman–Crippen LogP) is 11.6. The van der Waals surface area contributed by atoms with Gasteiger partial charge in [0, 0.05) is 5.41 Å². The Morgan fingerprint density at radius 3 is 2.43 bits per heavy atom. The molecule has 0 aromatic heterocycles. The molecule has 0 heterocycles. The molecule has 0 saturated heterocycles. The van der Waals surface area contributed by atoms with E-state index in [0.717, 1.165) is 62.8 Å². The van der Waals surface area contributed by atoms with Crippen molar-refractivity contribution in [3.05, 3.63) is 89.0 Å². The number of hydrogen-bond acceptors (Lipinski definition) is 2. The van der Waals surface area contributed by atoms with Gasteiger partial charge in [-0.2, -0.15) is 0 Å². The molecule has 2 bridgehead atoms. The third-order valence-electron chi connectivity index (χ3n) is 11.8. The number of phenolic OH excluding ortho intramolecular Hbond substituents is 1. The second kappa shape index (κ2) is 17.4. The Labute approximate surface area is 279 Å². The highest BCUT2D eigenvalue weighted by molar-refractivity contribution is 5.73. The van der Waals surface area contributed by atoms with Crippen LogP contribution >= 0.6 is 0 Å². The highest BCUT2D eigenvalue weighted by Crippen LogP contribution is 2.48. The van der Waals surface area contributed by atoms with Crippen molar-refractivity contribution in [2.75, 3.05) is 0 Å². The smallest absolute Gasteiger partial charge is 0.307 e. The van der Waals surface area contributed by atoms with Crippen LogP contribution in [0.1, 0.15) is 151 Å². The summed E-state index contributed by atoms with van der Waals surface area (Å²) in [5, 5.41) is 21.4. The van der Waals surface area contributed by atoms with Crippen LogP contribution in [0, 0.1) is 17.8 Å². The van der Waals surface area contributed by atoms with Crippen molar-refractivity contribution < 1.29 is 15.0 Å². The minimum atomic E-state index is -0.642. The number of aliphatic carboxylic acids is 1. The first-order valence-electron chi connectivity index (χ1n) is 19.0. The lowest BCUT2D eigenvalue weighted by Crippen LogP contribution is -2.41. The van der Waals surface area contributed by atoms with Crippen molar-refractivity contribution in [1.29, 1.82) is 0 Å². The highest BCUT2D eigenvalue weighted by Gasteiger charge is 2.44. The fraction of sp³-hybridized carbons (Fsp3) is 0.605. The summed E-state index contributed by atoms with van der Waals surface area (Å²) >= 11 is 0. The van der Waals surface area contributed by atoms with Crippen molar-refractivity contribution in [2.24, 2.45) is 17.8 Å². The molecule has 5 rings (SSSR count). The molecule has 4 atom stereocenters. The van der Waals surface area contributed by atoms with Gasteiger partial charge in [0.05, 0.1) is 5.92 Å². The number of hydrogen-bond donors (Lipinski definition) is 2. The van der Waals surface area contributed by atoms with E-state index in [4.69, 9.17) is 0 Å². The van der Waals surface area contributed by atoms with E-state index >= 15 is 0 Å². The third-order valence-corrected chi connectivity index (χ3v) is 11.8. The predicted molar refractivity (Wildman–Crippen MR) is 192 cm³/mol. The Morgan fingerprint density at radius 1 is 0.870 bits per heavy atom. The molecule has 250 valence electrons. The average molecular weight is 625 g/mol. The number of allylic oxidation sites excluding steroid dienone is 4. The van der Waals surface area contributed by atoms with E-state index in [0.29, 0.717) is 24.0 Å². The van der Waals surface area contributed by atoms with E-state index in [1.807, 2.05) is 6.07 Å². The summed E-state index contributed by atoms with van der Waals surface area (Å²) in [4.78, 5) is 12.8. The zero-order valence-electron chi connectivity index (χ0n) is 28.6. The van der Waals surface area contributed by atoms with Crippen molar-refractivity contribution in [2.45, 2.75) is 147 Å². The van der Waals surface area contributed by atoms with Crippen LogP contribution in [-0.2, 0) is 23.1 Å². The van der Waals surface area contributed by atoms with Gasteiger partial charge in [-0.3, -0.25) is 4.79 Å². The summed E-state index contributed by atoms with van der Waals surface area (Å²) in [6, 6.07) is 15.5. The molecule has 2 aromatic rings. The topological polar surface area (TPSA) is 57.5 Å². The molecule has 0 radical (unpaired) electrons. The van der Waals surface area contributed by atoms with Gasteiger partial charge in [0.15, 0.2) is 0 Å². The third kappa shape index (κ3) is 8.96. The van der Waals surface area contributed by atoms with Gasteiger partial charge in [0.1, 0.15) is 5.75 Å². The standard InChI is InChI=1S/C43H60O3/c1-2-3-7-23-37-32-36(26-27-41(37)44)39-31-34-20-16-24-38(30-34)43(28-14-6-15-29-43)40(42(45)46)25-13-12-22-35(39)21-9-5-4-8-17-33-18-10-11-19-33/h10,12-13,16,18,20,24,26-27,30,32-33,35,39-40,44H,2-9,11,14-15,17,19,21-23,25,28-29,31H2,1H3,(H,45,46)/t33-,35-,39+,40-/m0/s1. The number of carbonyl (C=O) groups is 1. The van der Waals surface area contributed by atoms with Crippen molar-refractivity contribution in [3.8, 4) is 5.75 Å². The average Bonchev–Trinajstić information content (AvgIpc) is 3.59. The molecular weight excluding hydrogens is 564 g/mol. The maximum Gasteiger partial charge on any atom is 0.307 e. The van der Waals surface area contributed by atoms with E-state index in [9.17, 15) is 15.0 Å². The van der Waals surface area contributed by atoms with Gasteiger partial charge in [0.25, 0.3) is 0 Å². The first-order chi connectivity index (χ1) is 22.5. The first kappa shape index (κ1) is 34.5. The Hall–Kier alpha value is -2.81. The lowest BCUT2D eigenvalue weighted by atomic mass is 9.60. The second-order valence-electron chi connectivity index (χ2n) is 14.9. The molecule has 1 spiro atoms. The van der Waals surface area contributed by atoms with E-state index in [-0.39, 0.29) is 11.3 Å². The van der Waals surface area contributed by atoms with Gasteiger partial charge in [-0.05, 0) is 117 Å². The molecule has 1 saturated carbocycles. The number of benzene rings is 2. The lowest BCUT2D eigenvalue weighted by molar-refractivity contribution is -0.145. The Bertz CT molecular complexity index is 1300. The van der Waals surface area contributed by atoms with Crippen LogP contribution in [0.15, 0.2) is 66.8 Å². The van der Waals surface area contributed by atoms with E-state index in [1.165, 1.54) is 87.3 Å². The summed E-state index contributed by atoms with van der Waals surface area (Å²) in [5.41, 5.74) is 4.72.